The van der Waals surface area contributed by atoms with Crippen LogP contribution in [0.2, 0.25) is 0 Å². The molecule has 2 aromatic rings. The highest BCUT2D eigenvalue weighted by atomic mass is 16.5. The summed E-state index contributed by atoms with van der Waals surface area (Å²) in [5.41, 5.74) is 6.80. The van der Waals surface area contributed by atoms with Crippen molar-refractivity contribution in [3.63, 3.8) is 0 Å². The van der Waals surface area contributed by atoms with E-state index < -0.39 is 18.1 Å². The first kappa shape index (κ1) is 15.0. The van der Waals surface area contributed by atoms with Crippen molar-refractivity contribution >= 4 is 5.97 Å². The van der Waals surface area contributed by atoms with Crippen molar-refractivity contribution < 1.29 is 19.7 Å². The smallest absolute Gasteiger partial charge is 0.317 e. The van der Waals surface area contributed by atoms with Crippen LogP contribution in [-0.2, 0) is 16.1 Å². The highest BCUT2D eigenvalue weighted by Crippen LogP contribution is 2.22. The van der Waals surface area contributed by atoms with Crippen molar-refractivity contribution in [2.75, 3.05) is 0 Å². The maximum atomic E-state index is 12.1. The van der Waals surface area contributed by atoms with Gasteiger partial charge in [0.05, 0.1) is 0 Å². The molecule has 5 nitrogen and oxygen atoms in total. The predicted octanol–water partition coefficient (Wildman–Crippen LogP) is 1.50. The highest BCUT2D eigenvalue weighted by molar-refractivity contribution is 5.78. The van der Waals surface area contributed by atoms with Crippen molar-refractivity contribution in [1.82, 2.24) is 0 Å². The summed E-state index contributed by atoms with van der Waals surface area (Å²) in [6, 6.07) is 15.1. The first-order valence-electron chi connectivity index (χ1n) is 6.51. The van der Waals surface area contributed by atoms with E-state index in [1.54, 1.807) is 0 Å². The lowest BCUT2D eigenvalue weighted by Crippen LogP contribution is -2.34. The zero-order valence-corrected chi connectivity index (χ0v) is 11.3. The second-order valence-corrected chi connectivity index (χ2v) is 4.65. The largest absolute Gasteiger partial charge is 0.508 e. The van der Waals surface area contributed by atoms with E-state index in [4.69, 9.17) is 10.5 Å². The van der Waals surface area contributed by atoms with Crippen LogP contribution in [-0.4, -0.2) is 22.4 Å². The van der Waals surface area contributed by atoms with Gasteiger partial charge in [0.25, 0.3) is 0 Å². The minimum Gasteiger partial charge on any atom is -0.508 e. The summed E-state index contributed by atoms with van der Waals surface area (Å²) in [5.74, 6) is -1.53. The van der Waals surface area contributed by atoms with Crippen molar-refractivity contribution in [1.29, 1.82) is 0 Å². The summed E-state index contributed by atoms with van der Waals surface area (Å²) in [7, 11) is 0. The summed E-state index contributed by atoms with van der Waals surface area (Å²) in [5, 5.41) is 18.9. The number of aromatic hydroxyl groups is 1. The lowest BCUT2D eigenvalue weighted by atomic mass is 9.97. The summed E-state index contributed by atoms with van der Waals surface area (Å²) in [6.45, 7) is 0.112. The Kier molecular flexibility index (Phi) is 4.92. The van der Waals surface area contributed by atoms with Gasteiger partial charge in [0, 0.05) is 0 Å². The normalized spacial score (nSPS) is 13.4. The predicted molar refractivity (Wildman–Crippen MR) is 77.3 cm³/mol. The van der Waals surface area contributed by atoms with E-state index in [0.29, 0.717) is 5.56 Å². The number of carbonyl (C=O) groups excluding carboxylic acids is 1. The van der Waals surface area contributed by atoms with Gasteiger partial charge in [-0.05, 0) is 23.3 Å². The Bertz CT molecular complexity index is 581. The molecule has 0 aliphatic rings. The molecule has 21 heavy (non-hydrogen) atoms. The van der Waals surface area contributed by atoms with Crippen molar-refractivity contribution in [3.05, 3.63) is 65.7 Å². The number of phenols is 1. The Morgan fingerprint density at radius 3 is 2.29 bits per heavy atom. The molecule has 0 bridgehead atoms. The second kappa shape index (κ2) is 6.88. The van der Waals surface area contributed by atoms with E-state index in [1.807, 2.05) is 30.3 Å². The topological polar surface area (TPSA) is 92.8 Å². The fourth-order valence-corrected chi connectivity index (χ4v) is 1.97. The lowest BCUT2D eigenvalue weighted by Gasteiger charge is -2.19. The molecule has 0 fully saturated rings. The number of ether oxygens (including phenoxy) is 1. The van der Waals surface area contributed by atoms with E-state index >= 15 is 0 Å². The molecule has 0 radical (unpaired) electrons. The van der Waals surface area contributed by atoms with Crippen molar-refractivity contribution in [3.8, 4) is 5.75 Å². The molecule has 2 rings (SSSR count). The Morgan fingerprint density at radius 1 is 1.10 bits per heavy atom. The highest BCUT2D eigenvalue weighted by Gasteiger charge is 2.27. The molecule has 0 heterocycles. The first-order chi connectivity index (χ1) is 10.1. The summed E-state index contributed by atoms with van der Waals surface area (Å²) < 4.78 is 5.19. The minimum atomic E-state index is -1.38. The minimum absolute atomic E-state index is 0.0710. The number of hydrogen-bond acceptors (Lipinski definition) is 5. The fraction of sp³-hybridized carbons (Fsp3) is 0.188. The molecule has 0 saturated carbocycles. The number of benzene rings is 2. The van der Waals surface area contributed by atoms with Crippen LogP contribution in [0.25, 0.3) is 0 Å². The Hall–Kier alpha value is -2.37. The fourth-order valence-electron chi connectivity index (χ4n) is 1.97. The maximum Gasteiger partial charge on any atom is 0.317 e. The van der Waals surface area contributed by atoms with Gasteiger partial charge in [-0.2, -0.15) is 0 Å². The number of esters is 1. The SMILES string of the molecule is NC(O)C(C(=O)OCc1ccccc1)c1ccc(O)cc1. The van der Waals surface area contributed by atoms with Crippen molar-refractivity contribution in [2.45, 2.75) is 18.8 Å². The number of rotatable bonds is 5. The van der Waals surface area contributed by atoms with Gasteiger partial charge < -0.3 is 20.7 Å². The molecule has 0 aliphatic carbocycles. The molecule has 2 atom stereocenters. The molecule has 0 aliphatic heterocycles. The zero-order valence-electron chi connectivity index (χ0n) is 11.3. The Balaban J connectivity index is 2.07. The monoisotopic (exact) mass is 287 g/mol. The number of aliphatic hydroxyl groups is 1. The van der Waals surface area contributed by atoms with E-state index in [0.717, 1.165) is 5.56 Å². The third-order valence-electron chi connectivity index (χ3n) is 3.07. The third kappa shape index (κ3) is 4.05. The molecular formula is C16H17NO4. The summed E-state index contributed by atoms with van der Waals surface area (Å²) in [4.78, 5) is 12.1. The number of phenolic OH excluding ortho intramolecular Hbond substituents is 1. The van der Waals surface area contributed by atoms with Gasteiger partial charge in [0.15, 0.2) is 0 Å². The van der Waals surface area contributed by atoms with Gasteiger partial charge in [-0.15, -0.1) is 0 Å². The molecule has 5 heteroatoms. The van der Waals surface area contributed by atoms with Gasteiger partial charge in [0.2, 0.25) is 0 Å². The van der Waals surface area contributed by atoms with E-state index in [-0.39, 0.29) is 12.4 Å². The number of nitrogens with two attached hydrogens (primary N) is 1. The maximum absolute atomic E-state index is 12.1. The second-order valence-electron chi connectivity index (χ2n) is 4.65. The van der Waals surface area contributed by atoms with E-state index in [9.17, 15) is 15.0 Å². The van der Waals surface area contributed by atoms with E-state index in [2.05, 4.69) is 0 Å². The quantitative estimate of drug-likeness (QED) is 0.572. The van der Waals surface area contributed by atoms with Crippen LogP contribution < -0.4 is 5.73 Å². The van der Waals surface area contributed by atoms with Crippen molar-refractivity contribution in [2.24, 2.45) is 5.73 Å². The van der Waals surface area contributed by atoms with Crippen LogP contribution in [0.15, 0.2) is 54.6 Å². The van der Waals surface area contributed by atoms with Gasteiger partial charge >= 0.3 is 5.97 Å². The molecule has 0 spiro atoms. The Morgan fingerprint density at radius 2 is 1.71 bits per heavy atom. The molecule has 0 aromatic heterocycles. The molecule has 0 amide bonds. The average Bonchev–Trinajstić information content (AvgIpc) is 2.48. The van der Waals surface area contributed by atoms with Gasteiger partial charge in [-0.25, -0.2) is 0 Å². The number of hydrogen-bond donors (Lipinski definition) is 3. The summed E-state index contributed by atoms with van der Waals surface area (Å²) in [6.07, 6.45) is -1.38. The summed E-state index contributed by atoms with van der Waals surface area (Å²) >= 11 is 0. The van der Waals surface area contributed by atoms with Gasteiger partial charge in [-0.1, -0.05) is 42.5 Å². The van der Waals surface area contributed by atoms with Crippen LogP contribution in [0, 0.1) is 0 Å². The van der Waals surface area contributed by atoms with Crippen LogP contribution in [0.5, 0.6) is 5.75 Å². The van der Waals surface area contributed by atoms with Gasteiger partial charge in [-0.3, -0.25) is 4.79 Å². The Labute approximate surface area is 122 Å². The molecule has 0 saturated heterocycles. The van der Waals surface area contributed by atoms with Crippen LogP contribution >= 0.6 is 0 Å². The first-order valence-corrected chi connectivity index (χ1v) is 6.51. The number of aliphatic hydroxyl groups excluding tert-OH is 1. The van der Waals surface area contributed by atoms with Crippen LogP contribution in [0.3, 0.4) is 0 Å². The number of carbonyl (C=O) groups is 1. The van der Waals surface area contributed by atoms with Crippen LogP contribution in [0.1, 0.15) is 17.0 Å². The van der Waals surface area contributed by atoms with E-state index in [1.165, 1.54) is 24.3 Å². The average molecular weight is 287 g/mol. The molecule has 2 aromatic carbocycles. The standard InChI is InChI=1S/C16H17NO4/c17-15(19)14(12-6-8-13(18)9-7-12)16(20)21-10-11-4-2-1-3-5-11/h1-9,14-15,18-19H,10,17H2. The lowest BCUT2D eigenvalue weighted by molar-refractivity contribution is -0.149. The van der Waals surface area contributed by atoms with Crippen LogP contribution in [0.4, 0.5) is 0 Å². The van der Waals surface area contributed by atoms with Gasteiger partial charge in [0.1, 0.15) is 24.5 Å². The molecule has 110 valence electrons. The third-order valence-corrected chi connectivity index (χ3v) is 3.07. The molecular weight excluding hydrogens is 270 g/mol. The zero-order chi connectivity index (χ0) is 15.2. The molecule has 4 N–H and O–H groups in total. The molecule has 2 unspecified atom stereocenters.